The zero-order valence-electron chi connectivity index (χ0n) is 10.5. The van der Waals surface area contributed by atoms with Crippen LogP contribution in [0.2, 0.25) is 0 Å². The Hall–Kier alpha value is -2.36. The molecule has 2 N–H and O–H groups in total. The Kier molecular flexibility index (Phi) is 2.12. The fourth-order valence-corrected chi connectivity index (χ4v) is 2.94. The predicted molar refractivity (Wildman–Crippen MR) is 78.1 cm³/mol. The number of benzene rings is 1. The van der Waals surface area contributed by atoms with E-state index in [-0.39, 0.29) is 0 Å². The number of hydrogen-bond acceptors (Lipinski definition) is 4. The van der Waals surface area contributed by atoms with Crippen molar-refractivity contribution in [2.24, 2.45) is 15.9 Å². The van der Waals surface area contributed by atoms with E-state index in [1.54, 1.807) is 0 Å². The van der Waals surface area contributed by atoms with Crippen LogP contribution >= 0.6 is 0 Å². The Balaban J connectivity index is 1.95. The molecule has 4 rings (SSSR count). The second-order valence-electron chi connectivity index (χ2n) is 4.94. The standard InChI is InChI=1S/C15H14N4/c16-15-14-11(17-18-15)5-3-9-19-12-6-2-1-4-10(12)7-8-13(14)19/h1-2,4,6-8H,3,5,9H2,(H2,16,18). The molecule has 0 saturated heterocycles. The van der Waals surface area contributed by atoms with Crippen molar-refractivity contribution in [3.05, 3.63) is 47.2 Å². The van der Waals surface area contributed by atoms with Gasteiger partial charge >= 0.3 is 0 Å². The minimum atomic E-state index is 0.543. The third kappa shape index (κ3) is 1.46. The van der Waals surface area contributed by atoms with Gasteiger partial charge in [-0.15, -0.1) is 5.10 Å². The number of nitrogens with zero attached hydrogens (tertiary/aromatic N) is 3. The van der Waals surface area contributed by atoms with Gasteiger partial charge in [0.25, 0.3) is 0 Å². The smallest absolute Gasteiger partial charge is 0.157 e. The van der Waals surface area contributed by atoms with Gasteiger partial charge in [-0.05, 0) is 30.5 Å². The molecule has 4 heteroatoms. The van der Waals surface area contributed by atoms with Crippen molar-refractivity contribution >= 4 is 23.3 Å². The van der Waals surface area contributed by atoms with E-state index >= 15 is 0 Å². The SMILES string of the molecule is NC1=NN=C2CCCN3C(=C12)C=Cc1ccccc13. The molecule has 0 fully saturated rings. The van der Waals surface area contributed by atoms with E-state index in [9.17, 15) is 0 Å². The molecule has 1 aromatic carbocycles. The van der Waals surface area contributed by atoms with E-state index in [1.807, 2.05) is 0 Å². The lowest BCUT2D eigenvalue weighted by Gasteiger charge is -2.30. The maximum Gasteiger partial charge on any atom is 0.157 e. The number of hydrogen-bond donors (Lipinski definition) is 1. The first-order valence-corrected chi connectivity index (χ1v) is 6.54. The Morgan fingerprint density at radius 1 is 1.11 bits per heavy atom. The van der Waals surface area contributed by atoms with Crippen molar-refractivity contribution in [1.29, 1.82) is 0 Å². The topological polar surface area (TPSA) is 54.0 Å². The number of anilines is 1. The molecule has 4 nitrogen and oxygen atoms in total. The molecular formula is C15H14N4. The van der Waals surface area contributed by atoms with Gasteiger partial charge in [0.15, 0.2) is 5.84 Å². The summed E-state index contributed by atoms with van der Waals surface area (Å²) in [6.07, 6.45) is 6.28. The lowest BCUT2D eigenvalue weighted by atomic mass is 10.0. The van der Waals surface area contributed by atoms with Gasteiger partial charge in [-0.2, -0.15) is 5.10 Å². The van der Waals surface area contributed by atoms with E-state index in [4.69, 9.17) is 5.73 Å². The molecule has 3 heterocycles. The third-order valence-electron chi connectivity index (χ3n) is 3.81. The van der Waals surface area contributed by atoms with Gasteiger partial charge in [-0.1, -0.05) is 24.3 Å². The van der Waals surface area contributed by atoms with Crippen LogP contribution in [-0.2, 0) is 0 Å². The van der Waals surface area contributed by atoms with Crippen LogP contribution in [0.15, 0.2) is 51.8 Å². The second kappa shape index (κ2) is 3.82. The first-order valence-electron chi connectivity index (χ1n) is 6.54. The Bertz CT molecular complexity index is 679. The fourth-order valence-electron chi connectivity index (χ4n) is 2.94. The van der Waals surface area contributed by atoms with E-state index in [1.165, 1.54) is 11.3 Å². The number of amidine groups is 1. The molecule has 3 aliphatic heterocycles. The molecule has 94 valence electrons. The van der Waals surface area contributed by atoms with Crippen LogP contribution in [0.4, 0.5) is 5.69 Å². The second-order valence-corrected chi connectivity index (χ2v) is 4.94. The van der Waals surface area contributed by atoms with E-state index in [0.29, 0.717) is 5.84 Å². The molecule has 0 spiro atoms. The average Bonchev–Trinajstić information content (AvgIpc) is 2.70. The molecule has 0 radical (unpaired) electrons. The van der Waals surface area contributed by atoms with Crippen molar-refractivity contribution in [3.63, 3.8) is 0 Å². The first kappa shape index (κ1) is 10.6. The van der Waals surface area contributed by atoms with Crippen molar-refractivity contribution in [3.8, 4) is 0 Å². The van der Waals surface area contributed by atoms with Crippen LogP contribution in [0.5, 0.6) is 0 Å². The summed E-state index contributed by atoms with van der Waals surface area (Å²) in [6.45, 7) is 0.993. The van der Waals surface area contributed by atoms with Gasteiger partial charge in [-0.3, -0.25) is 0 Å². The number of fused-ring (bicyclic) bond motifs is 4. The lowest BCUT2D eigenvalue weighted by molar-refractivity contribution is 0.833. The van der Waals surface area contributed by atoms with Gasteiger partial charge in [0.1, 0.15) is 0 Å². The molecule has 3 aliphatic rings. The van der Waals surface area contributed by atoms with E-state index in [0.717, 1.165) is 36.4 Å². The molecule has 0 unspecified atom stereocenters. The van der Waals surface area contributed by atoms with Crippen LogP contribution in [-0.4, -0.2) is 18.1 Å². The van der Waals surface area contributed by atoms with Crippen LogP contribution in [0, 0.1) is 0 Å². The molecule has 0 aromatic heterocycles. The molecular weight excluding hydrogens is 236 g/mol. The summed E-state index contributed by atoms with van der Waals surface area (Å²) in [5.74, 6) is 0.543. The molecule has 0 saturated carbocycles. The monoisotopic (exact) mass is 250 g/mol. The molecule has 0 bridgehead atoms. The van der Waals surface area contributed by atoms with Crippen LogP contribution in [0.1, 0.15) is 18.4 Å². The number of rotatable bonds is 0. The van der Waals surface area contributed by atoms with Crippen molar-refractivity contribution in [1.82, 2.24) is 0 Å². The van der Waals surface area contributed by atoms with Crippen LogP contribution in [0.3, 0.4) is 0 Å². The highest BCUT2D eigenvalue weighted by Gasteiger charge is 2.29. The predicted octanol–water partition coefficient (Wildman–Crippen LogP) is 2.29. The molecule has 0 atom stereocenters. The van der Waals surface area contributed by atoms with Gasteiger partial charge in [-0.25, -0.2) is 0 Å². The molecule has 0 amide bonds. The zero-order chi connectivity index (χ0) is 12.8. The van der Waals surface area contributed by atoms with Gasteiger partial charge in [0.2, 0.25) is 0 Å². The number of allylic oxidation sites excluding steroid dienone is 1. The maximum atomic E-state index is 6.00. The Morgan fingerprint density at radius 2 is 2.00 bits per heavy atom. The van der Waals surface area contributed by atoms with Crippen molar-refractivity contribution in [2.75, 3.05) is 11.4 Å². The first-order chi connectivity index (χ1) is 9.34. The highest BCUT2D eigenvalue weighted by atomic mass is 15.3. The minimum Gasteiger partial charge on any atom is -0.382 e. The summed E-state index contributed by atoms with van der Waals surface area (Å²) in [5, 5.41) is 8.24. The average molecular weight is 250 g/mol. The minimum absolute atomic E-state index is 0.543. The highest BCUT2D eigenvalue weighted by Crippen LogP contribution is 2.35. The molecule has 0 aliphatic carbocycles. The highest BCUT2D eigenvalue weighted by molar-refractivity contribution is 6.27. The maximum absolute atomic E-state index is 6.00. The van der Waals surface area contributed by atoms with Gasteiger partial charge in [0.05, 0.1) is 17.0 Å². The van der Waals surface area contributed by atoms with E-state index in [2.05, 4.69) is 51.5 Å². The van der Waals surface area contributed by atoms with Crippen molar-refractivity contribution < 1.29 is 0 Å². The third-order valence-corrected chi connectivity index (χ3v) is 3.81. The summed E-state index contributed by atoms with van der Waals surface area (Å²) in [7, 11) is 0. The summed E-state index contributed by atoms with van der Waals surface area (Å²) >= 11 is 0. The zero-order valence-corrected chi connectivity index (χ0v) is 10.5. The van der Waals surface area contributed by atoms with Gasteiger partial charge < -0.3 is 10.6 Å². The summed E-state index contributed by atoms with van der Waals surface area (Å²) in [6, 6.07) is 8.44. The molecule has 1 aromatic rings. The van der Waals surface area contributed by atoms with Gasteiger partial charge in [0, 0.05) is 12.2 Å². The Labute approximate surface area is 111 Å². The summed E-state index contributed by atoms with van der Waals surface area (Å²) in [4.78, 5) is 2.33. The van der Waals surface area contributed by atoms with Crippen LogP contribution in [0.25, 0.3) is 6.08 Å². The largest absolute Gasteiger partial charge is 0.382 e. The van der Waals surface area contributed by atoms with Crippen molar-refractivity contribution in [2.45, 2.75) is 12.8 Å². The fraction of sp³-hybridized carbons (Fsp3) is 0.200. The summed E-state index contributed by atoms with van der Waals surface area (Å²) in [5.41, 5.74) is 11.7. The summed E-state index contributed by atoms with van der Waals surface area (Å²) < 4.78 is 0. The number of para-hydroxylation sites is 1. The van der Waals surface area contributed by atoms with E-state index < -0.39 is 0 Å². The molecule has 19 heavy (non-hydrogen) atoms. The van der Waals surface area contributed by atoms with Crippen LogP contribution < -0.4 is 10.6 Å². The Morgan fingerprint density at radius 3 is 2.95 bits per heavy atom. The quantitative estimate of drug-likeness (QED) is 0.768. The lowest BCUT2D eigenvalue weighted by Crippen LogP contribution is -2.28. The normalized spacial score (nSPS) is 20.3. The number of nitrogens with two attached hydrogens (primary N) is 1.